The van der Waals surface area contributed by atoms with E-state index in [0.29, 0.717) is 29.0 Å². The summed E-state index contributed by atoms with van der Waals surface area (Å²) < 4.78 is 1.77. The number of imidazole rings is 1. The summed E-state index contributed by atoms with van der Waals surface area (Å²) >= 11 is 0. The molecule has 32 heavy (non-hydrogen) atoms. The van der Waals surface area contributed by atoms with E-state index in [-0.39, 0.29) is 18.6 Å². The van der Waals surface area contributed by atoms with Crippen LogP contribution in [0.2, 0.25) is 0 Å². The van der Waals surface area contributed by atoms with Crippen LogP contribution in [0.1, 0.15) is 24.4 Å². The minimum Gasteiger partial charge on any atom is -0.396 e. The number of nitrogens with one attached hydrogen (secondary N) is 1. The second-order valence-corrected chi connectivity index (χ2v) is 8.51. The van der Waals surface area contributed by atoms with Gasteiger partial charge in [0.05, 0.1) is 30.1 Å². The van der Waals surface area contributed by atoms with Gasteiger partial charge in [-0.1, -0.05) is 0 Å². The fraction of sp³-hybridized carbons (Fsp3) is 0.455. The van der Waals surface area contributed by atoms with Gasteiger partial charge in [-0.2, -0.15) is 5.26 Å². The maximum atomic E-state index is 10.5. The number of nitriles is 1. The van der Waals surface area contributed by atoms with E-state index in [4.69, 9.17) is 5.26 Å². The van der Waals surface area contributed by atoms with Gasteiger partial charge in [-0.05, 0) is 37.1 Å². The smallest absolute Gasteiger partial charge is 0.165 e. The number of anilines is 2. The van der Waals surface area contributed by atoms with Crippen LogP contribution in [0.5, 0.6) is 0 Å². The van der Waals surface area contributed by atoms with Crippen LogP contribution < -0.4 is 10.2 Å². The lowest BCUT2D eigenvalue weighted by Gasteiger charge is -2.19. The van der Waals surface area contributed by atoms with E-state index in [2.05, 4.69) is 31.2 Å². The fourth-order valence-electron chi connectivity index (χ4n) is 4.81. The predicted molar refractivity (Wildman–Crippen MR) is 117 cm³/mol. The van der Waals surface area contributed by atoms with Crippen LogP contribution in [0.15, 0.2) is 36.9 Å². The molecule has 10 nitrogen and oxygen atoms in total. The standard InChI is InChI=1S/C22H25N7O3/c23-8-13-1-3-16(4-2-13)28-6-5-15(9-28)27-21-18-22(25-11-24-21)29(12-26-18)17-7-14(10-30)19(31)20(17)32/h1-4,11-12,14-15,17,19-20,30-32H,5-7,9-10H2,(H,24,25,27). The monoisotopic (exact) mass is 435 g/mol. The van der Waals surface area contributed by atoms with Crippen LogP contribution in [0, 0.1) is 17.2 Å². The molecule has 5 rings (SSSR count). The predicted octanol–water partition coefficient (Wildman–Crippen LogP) is 0.664. The summed E-state index contributed by atoms with van der Waals surface area (Å²) in [4.78, 5) is 15.5. The van der Waals surface area contributed by atoms with Crippen molar-refractivity contribution in [1.29, 1.82) is 5.26 Å². The normalized spacial score (nSPS) is 27.7. The number of fused-ring (bicyclic) bond motifs is 1. The maximum absolute atomic E-state index is 10.5. The van der Waals surface area contributed by atoms with Crippen molar-refractivity contribution in [3.05, 3.63) is 42.5 Å². The van der Waals surface area contributed by atoms with E-state index < -0.39 is 18.2 Å². The van der Waals surface area contributed by atoms with Crippen molar-refractivity contribution in [3.8, 4) is 6.07 Å². The van der Waals surface area contributed by atoms with Crippen molar-refractivity contribution in [3.63, 3.8) is 0 Å². The third-order valence-corrected chi connectivity index (χ3v) is 6.61. The van der Waals surface area contributed by atoms with E-state index in [1.807, 2.05) is 24.3 Å². The number of aliphatic hydroxyl groups is 3. The summed E-state index contributed by atoms with van der Waals surface area (Å²) in [5, 5.41) is 42.6. The molecule has 5 unspecified atom stereocenters. The Bertz CT molecular complexity index is 1140. The van der Waals surface area contributed by atoms with Gasteiger partial charge < -0.3 is 30.1 Å². The van der Waals surface area contributed by atoms with Crippen molar-refractivity contribution < 1.29 is 15.3 Å². The molecule has 5 atom stereocenters. The Morgan fingerprint density at radius 3 is 2.66 bits per heavy atom. The minimum absolute atomic E-state index is 0.173. The molecule has 166 valence electrons. The van der Waals surface area contributed by atoms with Crippen LogP contribution >= 0.6 is 0 Å². The molecule has 1 aromatic carbocycles. The Labute approximate surface area is 184 Å². The number of hydrogen-bond donors (Lipinski definition) is 4. The first kappa shape index (κ1) is 20.6. The van der Waals surface area contributed by atoms with Gasteiger partial charge in [0.15, 0.2) is 11.5 Å². The molecule has 1 aliphatic carbocycles. The van der Waals surface area contributed by atoms with Crippen LogP contribution in [0.25, 0.3) is 11.2 Å². The maximum Gasteiger partial charge on any atom is 0.165 e. The SMILES string of the molecule is N#Cc1ccc(N2CCC(Nc3ncnc4c3ncn4C3CC(CO)C(O)C3O)C2)cc1. The summed E-state index contributed by atoms with van der Waals surface area (Å²) in [6.07, 6.45) is 2.48. The van der Waals surface area contributed by atoms with Crippen LogP contribution in [0.4, 0.5) is 11.5 Å². The summed E-state index contributed by atoms with van der Waals surface area (Å²) in [6.45, 7) is 1.51. The number of hydrogen-bond acceptors (Lipinski definition) is 9. The van der Waals surface area contributed by atoms with Gasteiger partial charge in [-0.15, -0.1) is 0 Å². The minimum atomic E-state index is -0.994. The second-order valence-electron chi connectivity index (χ2n) is 8.51. The Morgan fingerprint density at radius 2 is 1.94 bits per heavy atom. The third kappa shape index (κ3) is 3.54. The molecular formula is C22H25N7O3. The molecule has 2 aromatic heterocycles. The number of benzene rings is 1. The Kier molecular flexibility index (Phi) is 5.38. The van der Waals surface area contributed by atoms with Crippen molar-refractivity contribution in [2.24, 2.45) is 5.92 Å². The van der Waals surface area contributed by atoms with Crippen LogP contribution in [0.3, 0.4) is 0 Å². The molecule has 1 saturated carbocycles. The Balaban J connectivity index is 1.33. The van der Waals surface area contributed by atoms with E-state index in [1.54, 1.807) is 10.9 Å². The average Bonchev–Trinajstić information content (AvgIpc) is 3.53. The van der Waals surface area contributed by atoms with E-state index in [9.17, 15) is 15.3 Å². The number of nitrogens with zero attached hydrogens (tertiary/aromatic N) is 6. The van der Waals surface area contributed by atoms with E-state index >= 15 is 0 Å². The quantitative estimate of drug-likeness (QED) is 0.454. The zero-order valence-corrected chi connectivity index (χ0v) is 17.4. The lowest BCUT2D eigenvalue weighted by molar-refractivity contribution is -0.00370. The molecule has 1 aliphatic heterocycles. The third-order valence-electron chi connectivity index (χ3n) is 6.61. The first-order chi connectivity index (χ1) is 15.6. The molecule has 0 amide bonds. The largest absolute Gasteiger partial charge is 0.396 e. The van der Waals surface area contributed by atoms with Crippen molar-refractivity contribution >= 4 is 22.7 Å². The van der Waals surface area contributed by atoms with Gasteiger partial charge in [0, 0.05) is 37.3 Å². The average molecular weight is 435 g/mol. The van der Waals surface area contributed by atoms with Gasteiger partial charge in [-0.3, -0.25) is 0 Å². The molecule has 0 radical (unpaired) electrons. The van der Waals surface area contributed by atoms with Gasteiger partial charge in [0.25, 0.3) is 0 Å². The molecule has 3 aromatic rings. The number of rotatable bonds is 5. The van der Waals surface area contributed by atoms with Crippen molar-refractivity contribution in [1.82, 2.24) is 19.5 Å². The van der Waals surface area contributed by atoms with Gasteiger partial charge in [0.2, 0.25) is 0 Å². The summed E-state index contributed by atoms with van der Waals surface area (Å²) in [5.74, 6) is 0.255. The molecule has 0 spiro atoms. The highest BCUT2D eigenvalue weighted by Crippen LogP contribution is 2.37. The topological polar surface area (TPSA) is 143 Å². The highest BCUT2D eigenvalue weighted by molar-refractivity contribution is 5.83. The van der Waals surface area contributed by atoms with Crippen molar-refractivity contribution in [2.45, 2.75) is 37.1 Å². The van der Waals surface area contributed by atoms with E-state index in [1.165, 1.54) is 6.33 Å². The molecule has 2 aliphatic rings. The zero-order valence-electron chi connectivity index (χ0n) is 17.4. The molecule has 0 bridgehead atoms. The molecule has 10 heteroatoms. The molecule has 4 N–H and O–H groups in total. The highest BCUT2D eigenvalue weighted by atomic mass is 16.3. The molecule has 1 saturated heterocycles. The highest BCUT2D eigenvalue weighted by Gasteiger charge is 2.42. The molecular weight excluding hydrogens is 410 g/mol. The zero-order chi connectivity index (χ0) is 22.2. The number of aliphatic hydroxyl groups excluding tert-OH is 3. The molecule has 2 fully saturated rings. The second kappa shape index (κ2) is 8.35. The summed E-state index contributed by atoms with van der Waals surface area (Å²) in [7, 11) is 0. The summed E-state index contributed by atoms with van der Waals surface area (Å²) in [5.41, 5.74) is 2.92. The van der Waals surface area contributed by atoms with Gasteiger partial charge >= 0.3 is 0 Å². The van der Waals surface area contributed by atoms with E-state index in [0.717, 1.165) is 25.2 Å². The summed E-state index contributed by atoms with van der Waals surface area (Å²) in [6, 6.07) is 9.49. The van der Waals surface area contributed by atoms with Gasteiger partial charge in [-0.25, -0.2) is 15.0 Å². The van der Waals surface area contributed by atoms with Crippen LogP contribution in [-0.2, 0) is 0 Å². The number of aromatic nitrogens is 4. The molecule has 3 heterocycles. The first-order valence-corrected chi connectivity index (χ1v) is 10.7. The Morgan fingerprint density at radius 1 is 1.12 bits per heavy atom. The fourth-order valence-corrected chi connectivity index (χ4v) is 4.81. The lowest BCUT2D eigenvalue weighted by atomic mass is 10.1. The van der Waals surface area contributed by atoms with Gasteiger partial charge in [0.1, 0.15) is 17.9 Å². The van der Waals surface area contributed by atoms with Crippen molar-refractivity contribution in [2.75, 3.05) is 29.9 Å². The van der Waals surface area contributed by atoms with Crippen LogP contribution in [-0.4, -0.2) is 72.8 Å². The Hall–Kier alpha value is -3.26. The first-order valence-electron chi connectivity index (χ1n) is 10.7. The lowest BCUT2D eigenvalue weighted by Crippen LogP contribution is -2.30.